The highest BCUT2D eigenvalue weighted by Gasteiger charge is 2.00. The summed E-state index contributed by atoms with van der Waals surface area (Å²) in [6, 6.07) is 0. The summed E-state index contributed by atoms with van der Waals surface area (Å²) in [5.41, 5.74) is 0. The van der Waals surface area contributed by atoms with Crippen LogP contribution in [0, 0.1) is 0 Å². The standard InChI is InChI=1S/C6H13NO2S/c1-3-5-10(9)7-6(8)4-2/h3-5H2,1-2H3,(H,7,8). The molecule has 60 valence electrons. The summed E-state index contributed by atoms with van der Waals surface area (Å²) in [5.74, 6) is 0.401. The fourth-order valence-electron chi connectivity index (χ4n) is 0.436. The normalized spacial score (nSPS) is 12.6. The van der Waals surface area contributed by atoms with E-state index >= 15 is 0 Å². The van der Waals surface area contributed by atoms with Crippen LogP contribution in [0.15, 0.2) is 0 Å². The molecule has 0 heterocycles. The van der Waals surface area contributed by atoms with E-state index in [0.29, 0.717) is 12.2 Å². The molecule has 1 atom stereocenters. The molecule has 1 unspecified atom stereocenters. The highest BCUT2D eigenvalue weighted by atomic mass is 32.2. The highest BCUT2D eigenvalue weighted by Crippen LogP contribution is 1.83. The first-order valence-corrected chi connectivity index (χ1v) is 4.70. The first-order chi connectivity index (χ1) is 4.70. The lowest BCUT2D eigenvalue weighted by Gasteiger charge is -1.99. The molecule has 0 saturated carbocycles. The Labute approximate surface area is 63.8 Å². The lowest BCUT2D eigenvalue weighted by Crippen LogP contribution is -2.26. The molecule has 0 bridgehead atoms. The van der Waals surface area contributed by atoms with Gasteiger partial charge in [0.2, 0.25) is 5.91 Å². The third kappa shape index (κ3) is 4.49. The van der Waals surface area contributed by atoms with Gasteiger partial charge in [-0.25, -0.2) is 4.21 Å². The summed E-state index contributed by atoms with van der Waals surface area (Å²) in [6.07, 6.45) is 1.23. The van der Waals surface area contributed by atoms with Crippen molar-refractivity contribution in [1.82, 2.24) is 4.72 Å². The molecular weight excluding hydrogens is 150 g/mol. The molecule has 0 aliphatic heterocycles. The minimum Gasteiger partial charge on any atom is -0.275 e. The van der Waals surface area contributed by atoms with E-state index < -0.39 is 11.0 Å². The van der Waals surface area contributed by atoms with Crippen LogP contribution in [0.3, 0.4) is 0 Å². The number of carbonyl (C=O) groups is 1. The van der Waals surface area contributed by atoms with Crippen LogP contribution in [0.5, 0.6) is 0 Å². The van der Waals surface area contributed by atoms with Gasteiger partial charge in [0.1, 0.15) is 11.0 Å². The lowest BCUT2D eigenvalue weighted by atomic mass is 10.5. The van der Waals surface area contributed by atoms with Crippen molar-refractivity contribution >= 4 is 16.9 Å². The molecule has 0 aromatic rings. The molecule has 0 aliphatic carbocycles. The zero-order valence-electron chi connectivity index (χ0n) is 6.35. The summed E-state index contributed by atoms with van der Waals surface area (Å²) >= 11 is 0. The summed E-state index contributed by atoms with van der Waals surface area (Å²) < 4.78 is 13.2. The Balaban J connectivity index is 3.47. The predicted molar refractivity (Wildman–Crippen MR) is 41.7 cm³/mol. The molecule has 3 nitrogen and oxygen atoms in total. The molecule has 0 fully saturated rings. The van der Waals surface area contributed by atoms with Gasteiger partial charge in [-0.2, -0.15) is 0 Å². The quantitative estimate of drug-likeness (QED) is 0.659. The van der Waals surface area contributed by atoms with Crippen LogP contribution in [0.1, 0.15) is 26.7 Å². The number of hydrogen-bond donors (Lipinski definition) is 1. The van der Waals surface area contributed by atoms with E-state index in [9.17, 15) is 9.00 Å². The van der Waals surface area contributed by atoms with Crippen LogP contribution in [0.2, 0.25) is 0 Å². The number of amides is 1. The minimum absolute atomic E-state index is 0.146. The Morgan fingerprint density at radius 1 is 1.50 bits per heavy atom. The fraction of sp³-hybridized carbons (Fsp3) is 0.833. The Morgan fingerprint density at radius 3 is 2.50 bits per heavy atom. The van der Waals surface area contributed by atoms with Crippen molar-refractivity contribution in [1.29, 1.82) is 0 Å². The van der Waals surface area contributed by atoms with E-state index in [0.717, 1.165) is 6.42 Å². The van der Waals surface area contributed by atoms with Crippen molar-refractivity contribution in [3.8, 4) is 0 Å². The van der Waals surface area contributed by atoms with Gasteiger partial charge in [-0.3, -0.25) is 9.52 Å². The van der Waals surface area contributed by atoms with Crippen molar-refractivity contribution in [3.05, 3.63) is 0 Å². The number of rotatable bonds is 4. The monoisotopic (exact) mass is 163 g/mol. The molecular formula is C6H13NO2S. The smallest absolute Gasteiger partial charge is 0.231 e. The molecule has 0 saturated heterocycles. The molecule has 10 heavy (non-hydrogen) atoms. The maximum absolute atomic E-state index is 10.8. The van der Waals surface area contributed by atoms with Crippen molar-refractivity contribution in [2.45, 2.75) is 26.7 Å². The van der Waals surface area contributed by atoms with E-state index in [1.807, 2.05) is 6.92 Å². The van der Waals surface area contributed by atoms with Gasteiger partial charge in [-0.1, -0.05) is 13.8 Å². The summed E-state index contributed by atoms with van der Waals surface area (Å²) in [4.78, 5) is 10.6. The highest BCUT2D eigenvalue weighted by molar-refractivity contribution is 7.83. The van der Waals surface area contributed by atoms with Crippen molar-refractivity contribution < 1.29 is 9.00 Å². The molecule has 0 rings (SSSR count). The van der Waals surface area contributed by atoms with Gasteiger partial charge in [-0.15, -0.1) is 0 Å². The summed E-state index contributed by atoms with van der Waals surface area (Å²) in [6.45, 7) is 3.66. The molecule has 0 spiro atoms. The molecule has 0 aromatic heterocycles. The average Bonchev–Trinajstić information content (AvgIpc) is 1.88. The second kappa shape index (κ2) is 5.41. The Morgan fingerprint density at radius 2 is 2.10 bits per heavy atom. The van der Waals surface area contributed by atoms with Crippen LogP contribution < -0.4 is 4.72 Å². The predicted octanol–water partition coefficient (Wildman–Crippen LogP) is 0.586. The molecule has 0 aliphatic rings. The SMILES string of the molecule is CCCS(=O)NC(=O)CC. The first-order valence-electron chi connectivity index (χ1n) is 3.38. The van der Waals surface area contributed by atoms with Crippen molar-refractivity contribution in [2.75, 3.05) is 5.75 Å². The van der Waals surface area contributed by atoms with Gasteiger partial charge in [0.25, 0.3) is 0 Å². The Kier molecular flexibility index (Phi) is 5.20. The third-order valence-corrected chi connectivity index (χ3v) is 2.17. The largest absolute Gasteiger partial charge is 0.275 e. The Bertz CT molecular complexity index is 136. The van der Waals surface area contributed by atoms with Gasteiger partial charge in [0.15, 0.2) is 0 Å². The zero-order valence-corrected chi connectivity index (χ0v) is 7.16. The van der Waals surface area contributed by atoms with E-state index in [-0.39, 0.29) is 5.91 Å². The van der Waals surface area contributed by atoms with Gasteiger partial charge < -0.3 is 0 Å². The first kappa shape index (κ1) is 9.62. The number of hydrogen-bond acceptors (Lipinski definition) is 2. The summed E-state index contributed by atoms with van der Waals surface area (Å²) in [7, 11) is -1.15. The van der Waals surface area contributed by atoms with Crippen molar-refractivity contribution in [3.63, 3.8) is 0 Å². The molecule has 1 amide bonds. The second-order valence-electron chi connectivity index (χ2n) is 1.93. The Hall–Kier alpha value is -0.380. The maximum Gasteiger partial charge on any atom is 0.231 e. The lowest BCUT2D eigenvalue weighted by molar-refractivity contribution is -0.118. The topological polar surface area (TPSA) is 46.2 Å². The van der Waals surface area contributed by atoms with E-state index in [4.69, 9.17) is 0 Å². The molecule has 0 radical (unpaired) electrons. The van der Waals surface area contributed by atoms with Crippen LogP contribution in [0.4, 0.5) is 0 Å². The van der Waals surface area contributed by atoms with Crippen molar-refractivity contribution in [2.24, 2.45) is 0 Å². The maximum atomic E-state index is 10.8. The van der Waals surface area contributed by atoms with E-state index in [2.05, 4.69) is 4.72 Å². The number of nitrogens with one attached hydrogen (secondary N) is 1. The molecule has 4 heteroatoms. The van der Waals surface area contributed by atoms with Crippen LogP contribution in [0.25, 0.3) is 0 Å². The fourth-order valence-corrected chi connectivity index (χ4v) is 1.31. The van der Waals surface area contributed by atoms with Gasteiger partial charge in [0.05, 0.1) is 0 Å². The molecule has 1 N–H and O–H groups in total. The van der Waals surface area contributed by atoms with Gasteiger partial charge in [0, 0.05) is 12.2 Å². The van der Waals surface area contributed by atoms with Gasteiger partial charge >= 0.3 is 0 Å². The van der Waals surface area contributed by atoms with E-state index in [1.165, 1.54) is 0 Å². The second-order valence-corrected chi connectivity index (χ2v) is 3.23. The zero-order chi connectivity index (χ0) is 7.98. The van der Waals surface area contributed by atoms with Gasteiger partial charge in [-0.05, 0) is 6.42 Å². The summed E-state index contributed by atoms with van der Waals surface area (Å²) in [5, 5.41) is 0. The number of carbonyl (C=O) groups excluding carboxylic acids is 1. The van der Waals surface area contributed by atoms with Crippen LogP contribution in [-0.2, 0) is 15.8 Å². The van der Waals surface area contributed by atoms with E-state index in [1.54, 1.807) is 6.92 Å². The third-order valence-electron chi connectivity index (χ3n) is 0.938. The average molecular weight is 163 g/mol. The van der Waals surface area contributed by atoms with Crippen LogP contribution in [-0.4, -0.2) is 15.9 Å². The minimum atomic E-state index is -1.15. The van der Waals surface area contributed by atoms with Crippen LogP contribution >= 0.6 is 0 Å². The molecule has 0 aromatic carbocycles.